The van der Waals surface area contributed by atoms with Crippen molar-refractivity contribution in [3.05, 3.63) is 29.6 Å². The molecule has 0 fully saturated rings. The molecule has 0 saturated heterocycles. The van der Waals surface area contributed by atoms with Crippen molar-refractivity contribution in [1.82, 2.24) is 5.32 Å². The molecule has 1 aromatic carbocycles. The average Bonchev–Trinajstić information content (AvgIpc) is 2.37. The number of benzene rings is 1. The van der Waals surface area contributed by atoms with E-state index in [0.717, 1.165) is 0 Å². The number of rotatable bonds is 6. The quantitative estimate of drug-likeness (QED) is 0.817. The molecule has 6 heteroatoms. The van der Waals surface area contributed by atoms with E-state index in [2.05, 4.69) is 5.32 Å². The van der Waals surface area contributed by atoms with Crippen LogP contribution in [0.25, 0.3) is 0 Å². The van der Waals surface area contributed by atoms with Crippen LogP contribution in [0.1, 0.15) is 18.9 Å². The summed E-state index contributed by atoms with van der Waals surface area (Å²) in [6.45, 7) is 1.67. The van der Waals surface area contributed by atoms with E-state index in [1.807, 2.05) is 0 Å². The Labute approximate surface area is 110 Å². The van der Waals surface area contributed by atoms with E-state index in [4.69, 9.17) is 9.84 Å². The summed E-state index contributed by atoms with van der Waals surface area (Å²) in [5.41, 5.74) is 0.552. The number of carboxylic acids is 1. The van der Waals surface area contributed by atoms with E-state index < -0.39 is 23.7 Å². The van der Waals surface area contributed by atoms with Crippen molar-refractivity contribution in [2.24, 2.45) is 0 Å². The molecule has 0 aliphatic rings. The first kappa shape index (κ1) is 14.9. The Morgan fingerprint density at radius 3 is 2.68 bits per heavy atom. The molecule has 104 valence electrons. The Balaban J connectivity index is 2.69. The first-order chi connectivity index (χ1) is 8.97. The number of nitrogens with one attached hydrogen (secondary N) is 1. The number of carboxylic acid groups (broad SMARTS) is 1. The van der Waals surface area contributed by atoms with Gasteiger partial charge in [0.25, 0.3) is 0 Å². The largest absolute Gasteiger partial charge is 0.494 e. The number of hydrogen-bond donors (Lipinski definition) is 2. The summed E-state index contributed by atoms with van der Waals surface area (Å²) in [4.78, 5) is 22.4. The highest BCUT2D eigenvalue weighted by atomic mass is 19.1. The highest BCUT2D eigenvalue weighted by Gasteiger charge is 2.17. The van der Waals surface area contributed by atoms with Gasteiger partial charge in [0, 0.05) is 0 Å². The van der Waals surface area contributed by atoms with Gasteiger partial charge in [0.1, 0.15) is 6.04 Å². The molecule has 1 unspecified atom stereocenters. The molecule has 1 rings (SSSR count). The third kappa shape index (κ3) is 4.24. The van der Waals surface area contributed by atoms with E-state index >= 15 is 0 Å². The molecule has 0 bridgehead atoms. The lowest BCUT2D eigenvalue weighted by Gasteiger charge is -2.12. The van der Waals surface area contributed by atoms with Gasteiger partial charge in [-0.15, -0.1) is 0 Å². The fourth-order valence-corrected chi connectivity index (χ4v) is 1.58. The predicted octanol–water partition coefficient (Wildman–Crippen LogP) is 1.36. The summed E-state index contributed by atoms with van der Waals surface area (Å²) in [5, 5.41) is 11.2. The molecule has 1 atom stereocenters. The van der Waals surface area contributed by atoms with E-state index in [1.54, 1.807) is 6.92 Å². The number of amides is 1. The van der Waals surface area contributed by atoms with Crippen LogP contribution in [0.15, 0.2) is 18.2 Å². The molecular formula is C13H16FNO4. The predicted molar refractivity (Wildman–Crippen MR) is 66.5 cm³/mol. The fourth-order valence-electron chi connectivity index (χ4n) is 1.58. The van der Waals surface area contributed by atoms with Crippen molar-refractivity contribution in [1.29, 1.82) is 0 Å². The first-order valence-corrected chi connectivity index (χ1v) is 5.82. The monoisotopic (exact) mass is 269 g/mol. The number of carbonyl (C=O) groups excluding carboxylic acids is 1. The lowest BCUT2D eigenvalue weighted by atomic mass is 10.1. The van der Waals surface area contributed by atoms with Gasteiger partial charge in [-0.2, -0.15) is 0 Å². The molecule has 5 nitrogen and oxygen atoms in total. The normalized spacial score (nSPS) is 11.7. The number of methoxy groups -OCH3 is 1. The number of halogens is 1. The minimum Gasteiger partial charge on any atom is -0.494 e. The molecule has 0 heterocycles. The minimum atomic E-state index is -1.08. The second-order valence-corrected chi connectivity index (χ2v) is 4.01. The zero-order valence-electron chi connectivity index (χ0n) is 10.8. The van der Waals surface area contributed by atoms with Crippen molar-refractivity contribution in [2.45, 2.75) is 25.8 Å². The number of ether oxygens (including phenoxy) is 1. The van der Waals surface area contributed by atoms with Crippen LogP contribution in [-0.4, -0.2) is 30.1 Å². The Hall–Kier alpha value is -2.11. The van der Waals surface area contributed by atoms with Gasteiger partial charge in [-0.1, -0.05) is 13.0 Å². The van der Waals surface area contributed by atoms with Crippen molar-refractivity contribution < 1.29 is 23.8 Å². The zero-order chi connectivity index (χ0) is 14.4. The van der Waals surface area contributed by atoms with Crippen LogP contribution < -0.4 is 10.1 Å². The smallest absolute Gasteiger partial charge is 0.326 e. The molecule has 0 saturated carbocycles. The van der Waals surface area contributed by atoms with Gasteiger partial charge in [-0.3, -0.25) is 4.79 Å². The maximum absolute atomic E-state index is 13.2. The van der Waals surface area contributed by atoms with Crippen molar-refractivity contribution in [3.8, 4) is 5.75 Å². The zero-order valence-corrected chi connectivity index (χ0v) is 10.8. The molecule has 0 aliphatic heterocycles. The Morgan fingerprint density at radius 2 is 2.16 bits per heavy atom. The van der Waals surface area contributed by atoms with Crippen LogP contribution in [0.2, 0.25) is 0 Å². The summed E-state index contributed by atoms with van der Waals surface area (Å²) in [5.74, 6) is -1.96. The second kappa shape index (κ2) is 6.72. The van der Waals surface area contributed by atoms with Gasteiger partial charge < -0.3 is 15.2 Å². The minimum absolute atomic E-state index is 0.0274. The molecule has 1 amide bonds. The van der Waals surface area contributed by atoms with E-state index in [-0.39, 0.29) is 12.2 Å². The maximum Gasteiger partial charge on any atom is 0.326 e. The third-order valence-electron chi connectivity index (χ3n) is 2.62. The molecule has 0 spiro atoms. The molecule has 19 heavy (non-hydrogen) atoms. The van der Waals surface area contributed by atoms with Crippen LogP contribution in [0.5, 0.6) is 5.75 Å². The van der Waals surface area contributed by atoms with Crippen LogP contribution in [0.3, 0.4) is 0 Å². The van der Waals surface area contributed by atoms with Crippen LogP contribution in [-0.2, 0) is 16.0 Å². The summed E-state index contributed by atoms with van der Waals surface area (Å²) in [6, 6.07) is 3.17. The van der Waals surface area contributed by atoms with Crippen molar-refractivity contribution in [2.75, 3.05) is 7.11 Å². The van der Waals surface area contributed by atoms with Gasteiger partial charge in [-0.05, 0) is 24.1 Å². The summed E-state index contributed by atoms with van der Waals surface area (Å²) < 4.78 is 18.0. The van der Waals surface area contributed by atoms with Gasteiger partial charge in [0.15, 0.2) is 11.6 Å². The van der Waals surface area contributed by atoms with Gasteiger partial charge in [-0.25, -0.2) is 9.18 Å². The second-order valence-electron chi connectivity index (χ2n) is 4.01. The molecule has 0 aromatic heterocycles. The lowest BCUT2D eigenvalue weighted by molar-refractivity contribution is -0.141. The average molecular weight is 269 g/mol. The van der Waals surface area contributed by atoms with E-state index in [9.17, 15) is 14.0 Å². The third-order valence-corrected chi connectivity index (χ3v) is 2.62. The molecule has 0 aliphatic carbocycles. The summed E-state index contributed by atoms with van der Waals surface area (Å²) in [6.07, 6.45) is 0.272. The Morgan fingerprint density at radius 1 is 1.47 bits per heavy atom. The van der Waals surface area contributed by atoms with Gasteiger partial charge in [0.2, 0.25) is 5.91 Å². The number of aliphatic carboxylic acids is 1. The maximum atomic E-state index is 13.2. The van der Waals surface area contributed by atoms with Crippen LogP contribution in [0, 0.1) is 5.82 Å². The van der Waals surface area contributed by atoms with Gasteiger partial charge in [0.05, 0.1) is 13.5 Å². The Kier molecular flexibility index (Phi) is 5.29. The van der Waals surface area contributed by atoms with Gasteiger partial charge >= 0.3 is 5.97 Å². The summed E-state index contributed by atoms with van der Waals surface area (Å²) >= 11 is 0. The van der Waals surface area contributed by atoms with Crippen LogP contribution in [0.4, 0.5) is 4.39 Å². The molecule has 0 radical (unpaired) electrons. The van der Waals surface area contributed by atoms with Crippen LogP contribution >= 0.6 is 0 Å². The lowest BCUT2D eigenvalue weighted by Crippen LogP contribution is -2.40. The fraction of sp³-hybridized carbons (Fsp3) is 0.385. The SMILES string of the molecule is CCC(NC(=O)Cc1ccc(F)c(OC)c1)C(=O)O. The highest BCUT2D eigenvalue weighted by molar-refractivity contribution is 5.84. The van der Waals surface area contributed by atoms with E-state index in [0.29, 0.717) is 12.0 Å². The molecular weight excluding hydrogens is 253 g/mol. The standard InChI is InChI=1S/C13H16FNO4/c1-3-10(13(17)18)15-12(16)7-8-4-5-9(14)11(6-8)19-2/h4-6,10H,3,7H2,1-2H3,(H,15,16)(H,17,18). The topological polar surface area (TPSA) is 75.6 Å². The number of carbonyl (C=O) groups is 2. The number of hydrogen-bond acceptors (Lipinski definition) is 3. The first-order valence-electron chi connectivity index (χ1n) is 5.82. The Bertz CT molecular complexity index is 476. The van der Waals surface area contributed by atoms with E-state index in [1.165, 1.54) is 25.3 Å². The van der Waals surface area contributed by atoms with Crippen molar-refractivity contribution in [3.63, 3.8) is 0 Å². The molecule has 2 N–H and O–H groups in total. The summed E-state index contributed by atoms with van der Waals surface area (Å²) in [7, 11) is 1.33. The molecule has 1 aromatic rings. The highest BCUT2D eigenvalue weighted by Crippen LogP contribution is 2.18. The van der Waals surface area contributed by atoms with Crippen molar-refractivity contribution >= 4 is 11.9 Å².